The van der Waals surface area contributed by atoms with E-state index in [4.69, 9.17) is 17.0 Å². The van der Waals surface area contributed by atoms with Crippen LogP contribution in [0, 0.1) is 0 Å². The van der Waals surface area contributed by atoms with Crippen molar-refractivity contribution in [3.05, 3.63) is 16.0 Å². The number of hydrogen-bond acceptors (Lipinski definition) is 5. The lowest BCUT2D eigenvalue weighted by Crippen LogP contribution is -2.34. The molecule has 0 saturated carbocycles. The molecule has 1 aliphatic rings. The number of hydrogen-bond donors (Lipinski definition) is 2. The standard InChI is InChI=1S/C16H22N2O3S2/c1-3-5-9-12(19)17-16(22)18-14-13(15(20)21-4-2)10-7-6-8-11(10)23-14/h3-9H2,1-2H3,(H2,17,18,19,22). The molecule has 0 fully saturated rings. The minimum absolute atomic E-state index is 0.105. The molecule has 1 aliphatic carbocycles. The number of nitrogens with one attached hydrogen (secondary N) is 2. The number of amides is 1. The van der Waals surface area contributed by atoms with E-state index in [0.717, 1.165) is 37.7 Å². The summed E-state index contributed by atoms with van der Waals surface area (Å²) in [5, 5.41) is 6.57. The summed E-state index contributed by atoms with van der Waals surface area (Å²) < 4.78 is 5.17. The molecule has 0 atom stereocenters. The molecule has 0 spiro atoms. The second-order valence-corrected chi connectivity index (χ2v) is 6.90. The zero-order valence-corrected chi connectivity index (χ0v) is 15.1. The van der Waals surface area contributed by atoms with Gasteiger partial charge in [-0.25, -0.2) is 4.79 Å². The Kier molecular flexibility index (Phi) is 6.53. The van der Waals surface area contributed by atoms with Crippen LogP contribution in [0.4, 0.5) is 5.00 Å². The Balaban J connectivity index is 2.09. The highest BCUT2D eigenvalue weighted by molar-refractivity contribution is 7.80. The summed E-state index contributed by atoms with van der Waals surface area (Å²) in [6.45, 7) is 4.15. The number of aryl methyl sites for hydroxylation is 1. The molecule has 1 aromatic heterocycles. The van der Waals surface area contributed by atoms with Crippen LogP contribution in [0.1, 0.15) is 60.3 Å². The van der Waals surface area contributed by atoms with E-state index in [1.165, 1.54) is 16.2 Å². The van der Waals surface area contributed by atoms with Gasteiger partial charge in [0.15, 0.2) is 5.11 Å². The molecule has 0 radical (unpaired) electrons. The molecular formula is C16H22N2O3S2. The molecule has 2 rings (SSSR count). The van der Waals surface area contributed by atoms with Crippen LogP contribution in [0.3, 0.4) is 0 Å². The molecule has 0 unspecified atom stereocenters. The van der Waals surface area contributed by atoms with Crippen molar-refractivity contribution in [1.82, 2.24) is 5.32 Å². The van der Waals surface area contributed by atoms with Gasteiger partial charge in [0.05, 0.1) is 12.2 Å². The van der Waals surface area contributed by atoms with Gasteiger partial charge in [0.1, 0.15) is 5.00 Å². The van der Waals surface area contributed by atoms with Crippen LogP contribution < -0.4 is 10.6 Å². The van der Waals surface area contributed by atoms with Crippen molar-refractivity contribution >= 4 is 45.5 Å². The second-order valence-electron chi connectivity index (χ2n) is 5.39. The van der Waals surface area contributed by atoms with Gasteiger partial charge >= 0.3 is 5.97 Å². The Morgan fingerprint density at radius 3 is 2.78 bits per heavy atom. The van der Waals surface area contributed by atoms with Crippen molar-refractivity contribution in [2.24, 2.45) is 0 Å². The quantitative estimate of drug-likeness (QED) is 0.605. The number of carbonyl (C=O) groups is 2. The zero-order valence-electron chi connectivity index (χ0n) is 13.5. The van der Waals surface area contributed by atoms with Crippen LogP contribution in [-0.2, 0) is 22.4 Å². The lowest BCUT2D eigenvalue weighted by molar-refractivity contribution is -0.119. The first-order chi connectivity index (χ1) is 11.1. The largest absolute Gasteiger partial charge is 0.462 e. The minimum Gasteiger partial charge on any atom is -0.462 e. The summed E-state index contributed by atoms with van der Waals surface area (Å²) in [7, 11) is 0. The number of fused-ring (bicyclic) bond motifs is 1. The summed E-state index contributed by atoms with van der Waals surface area (Å²) in [6.07, 6.45) is 5.16. The second kappa shape index (κ2) is 8.40. The maximum atomic E-state index is 12.2. The van der Waals surface area contributed by atoms with Gasteiger partial charge in [0.25, 0.3) is 0 Å². The van der Waals surface area contributed by atoms with Crippen molar-refractivity contribution < 1.29 is 14.3 Å². The van der Waals surface area contributed by atoms with Gasteiger partial charge in [0.2, 0.25) is 5.91 Å². The summed E-state index contributed by atoms with van der Waals surface area (Å²) in [4.78, 5) is 25.2. The molecule has 7 heteroatoms. The number of thiocarbonyl (C=S) groups is 1. The number of anilines is 1. The lowest BCUT2D eigenvalue weighted by Gasteiger charge is -2.10. The van der Waals surface area contributed by atoms with E-state index in [1.807, 2.05) is 6.92 Å². The van der Waals surface area contributed by atoms with E-state index in [0.29, 0.717) is 23.6 Å². The van der Waals surface area contributed by atoms with Crippen LogP contribution in [0.25, 0.3) is 0 Å². The average molecular weight is 354 g/mol. The Bertz CT molecular complexity index is 611. The van der Waals surface area contributed by atoms with E-state index in [1.54, 1.807) is 6.92 Å². The highest BCUT2D eigenvalue weighted by Gasteiger charge is 2.27. The smallest absolute Gasteiger partial charge is 0.341 e. The van der Waals surface area contributed by atoms with Gasteiger partial charge in [-0.15, -0.1) is 11.3 Å². The predicted octanol–water partition coefficient (Wildman–Crippen LogP) is 3.42. The van der Waals surface area contributed by atoms with Crippen LogP contribution in [0.2, 0.25) is 0 Å². The third-order valence-corrected chi connectivity index (χ3v) is 5.05. The third-order valence-electron chi connectivity index (χ3n) is 3.64. The van der Waals surface area contributed by atoms with Crippen molar-refractivity contribution in [2.45, 2.75) is 52.4 Å². The monoisotopic (exact) mass is 354 g/mol. The minimum atomic E-state index is -0.325. The van der Waals surface area contributed by atoms with Gasteiger partial charge in [-0.1, -0.05) is 13.3 Å². The third kappa shape index (κ3) is 4.51. The number of esters is 1. The maximum Gasteiger partial charge on any atom is 0.341 e. The van der Waals surface area contributed by atoms with Gasteiger partial charge in [-0.3, -0.25) is 4.79 Å². The van der Waals surface area contributed by atoms with Crippen molar-refractivity contribution in [1.29, 1.82) is 0 Å². The first-order valence-corrected chi connectivity index (χ1v) is 9.21. The maximum absolute atomic E-state index is 12.2. The fourth-order valence-corrected chi connectivity index (χ4v) is 4.13. The van der Waals surface area contributed by atoms with Gasteiger partial charge in [-0.2, -0.15) is 0 Å². The van der Waals surface area contributed by atoms with Crippen molar-refractivity contribution in [3.63, 3.8) is 0 Å². The van der Waals surface area contributed by atoms with Crippen molar-refractivity contribution in [3.8, 4) is 0 Å². The summed E-state index contributed by atoms with van der Waals surface area (Å²) >= 11 is 6.72. The van der Waals surface area contributed by atoms with Crippen molar-refractivity contribution in [2.75, 3.05) is 11.9 Å². The molecule has 0 aliphatic heterocycles. The average Bonchev–Trinajstić information content (AvgIpc) is 3.05. The Morgan fingerprint density at radius 1 is 1.30 bits per heavy atom. The van der Waals surface area contributed by atoms with E-state index in [2.05, 4.69) is 10.6 Å². The Labute approximate surface area is 145 Å². The molecular weight excluding hydrogens is 332 g/mol. The fourth-order valence-electron chi connectivity index (χ4n) is 2.57. The molecule has 2 N–H and O–H groups in total. The van der Waals surface area contributed by atoms with Crippen LogP contribution in [0.15, 0.2) is 0 Å². The summed E-state index contributed by atoms with van der Waals surface area (Å²) in [5.41, 5.74) is 1.64. The fraction of sp³-hybridized carbons (Fsp3) is 0.562. The number of thiophene rings is 1. The van der Waals surface area contributed by atoms with E-state index < -0.39 is 0 Å². The SMILES string of the molecule is CCCCC(=O)NC(=S)Nc1sc2c(c1C(=O)OCC)CCC2. The Hall–Kier alpha value is -1.47. The summed E-state index contributed by atoms with van der Waals surface area (Å²) in [6, 6.07) is 0. The van der Waals surface area contributed by atoms with E-state index in [9.17, 15) is 9.59 Å². The summed E-state index contributed by atoms with van der Waals surface area (Å²) in [5.74, 6) is -0.430. The first kappa shape index (κ1) is 17.9. The highest BCUT2D eigenvalue weighted by Crippen LogP contribution is 2.39. The topological polar surface area (TPSA) is 67.4 Å². The van der Waals surface area contributed by atoms with Crippen LogP contribution >= 0.6 is 23.6 Å². The zero-order chi connectivity index (χ0) is 16.8. The molecule has 0 saturated heterocycles. The highest BCUT2D eigenvalue weighted by atomic mass is 32.1. The molecule has 1 aromatic rings. The predicted molar refractivity (Wildman–Crippen MR) is 96.2 cm³/mol. The normalized spacial score (nSPS) is 12.6. The molecule has 5 nitrogen and oxygen atoms in total. The molecule has 1 heterocycles. The van der Waals surface area contributed by atoms with Gasteiger partial charge < -0.3 is 15.4 Å². The molecule has 1 amide bonds. The Morgan fingerprint density at radius 2 is 2.09 bits per heavy atom. The number of carbonyl (C=O) groups excluding carboxylic acids is 2. The first-order valence-electron chi connectivity index (χ1n) is 7.99. The van der Waals surface area contributed by atoms with Crippen LogP contribution in [-0.4, -0.2) is 23.6 Å². The molecule has 0 bridgehead atoms. The van der Waals surface area contributed by atoms with Crippen LogP contribution in [0.5, 0.6) is 0 Å². The van der Waals surface area contributed by atoms with Gasteiger partial charge in [0, 0.05) is 11.3 Å². The molecule has 23 heavy (non-hydrogen) atoms. The molecule has 126 valence electrons. The van der Waals surface area contributed by atoms with E-state index >= 15 is 0 Å². The number of unbranched alkanes of at least 4 members (excludes halogenated alkanes) is 1. The number of ether oxygens (including phenoxy) is 1. The number of rotatable bonds is 6. The van der Waals surface area contributed by atoms with Gasteiger partial charge in [-0.05, 0) is 50.4 Å². The van der Waals surface area contributed by atoms with E-state index in [-0.39, 0.29) is 17.0 Å². The molecule has 0 aromatic carbocycles. The lowest BCUT2D eigenvalue weighted by atomic mass is 10.1.